The molecule has 0 N–H and O–H groups in total. The molecule has 0 amide bonds. The molecular formula is C14H15NOS. The predicted octanol–water partition coefficient (Wildman–Crippen LogP) is 2.95. The third-order valence-electron chi connectivity index (χ3n) is 3.29. The number of carbonyl (C=O) groups is 1. The van der Waals surface area contributed by atoms with Crippen molar-refractivity contribution in [1.82, 2.24) is 4.90 Å². The number of Topliss-reactive ketones (excluding diaryl/α,β-unsaturated/α-hetero) is 1. The number of carbonyl (C=O) groups excluding carboxylic acids is 1. The molecule has 2 nitrogen and oxygen atoms in total. The first-order chi connectivity index (χ1) is 8.34. The summed E-state index contributed by atoms with van der Waals surface area (Å²) in [6.07, 6.45) is 4.58. The molecule has 1 saturated heterocycles. The van der Waals surface area contributed by atoms with E-state index >= 15 is 0 Å². The Morgan fingerprint density at radius 1 is 1.18 bits per heavy atom. The maximum atomic E-state index is 12.3. The average Bonchev–Trinajstić information content (AvgIpc) is 2.86. The smallest absolute Gasteiger partial charge is 0.192 e. The predicted molar refractivity (Wildman–Crippen MR) is 70.4 cm³/mol. The number of nitrogens with zero attached hydrogens (tertiary/aromatic N) is 1. The van der Waals surface area contributed by atoms with E-state index in [-0.39, 0.29) is 5.78 Å². The van der Waals surface area contributed by atoms with Crippen LogP contribution in [0.4, 0.5) is 0 Å². The number of hydrogen-bond acceptors (Lipinski definition) is 3. The van der Waals surface area contributed by atoms with E-state index in [0.717, 1.165) is 34.9 Å². The molecule has 0 radical (unpaired) electrons. The van der Waals surface area contributed by atoms with Crippen molar-refractivity contribution in [2.75, 3.05) is 18.8 Å². The Hall–Kier alpha value is -1.22. The van der Waals surface area contributed by atoms with Gasteiger partial charge in [-0.15, -0.1) is 11.8 Å². The van der Waals surface area contributed by atoms with Crippen molar-refractivity contribution in [2.24, 2.45) is 0 Å². The van der Waals surface area contributed by atoms with Crippen LogP contribution in [0.5, 0.6) is 0 Å². The van der Waals surface area contributed by atoms with E-state index < -0.39 is 0 Å². The summed E-state index contributed by atoms with van der Waals surface area (Å²) in [6.45, 7) is 2.20. The second-order valence-electron chi connectivity index (χ2n) is 4.51. The summed E-state index contributed by atoms with van der Waals surface area (Å²) in [6, 6.07) is 7.90. The molecule has 0 aromatic heterocycles. The van der Waals surface area contributed by atoms with Crippen LogP contribution in [-0.4, -0.2) is 29.5 Å². The van der Waals surface area contributed by atoms with Crippen LogP contribution in [0.1, 0.15) is 23.2 Å². The molecule has 0 bridgehead atoms. The topological polar surface area (TPSA) is 20.3 Å². The molecule has 1 fully saturated rings. The molecule has 1 aromatic carbocycles. The van der Waals surface area contributed by atoms with E-state index in [0.29, 0.717) is 0 Å². The number of benzene rings is 1. The molecule has 0 saturated carbocycles. The summed E-state index contributed by atoms with van der Waals surface area (Å²) in [5, 5.41) is 0. The third kappa shape index (κ3) is 2.12. The molecule has 88 valence electrons. The number of likely N-dealkylation sites (tertiary alicyclic amines) is 1. The van der Waals surface area contributed by atoms with Crippen LogP contribution < -0.4 is 0 Å². The first kappa shape index (κ1) is 10.9. The van der Waals surface area contributed by atoms with Gasteiger partial charge in [-0.3, -0.25) is 4.79 Å². The van der Waals surface area contributed by atoms with Crippen molar-refractivity contribution in [3.05, 3.63) is 41.6 Å². The highest BCUT2D eigenvalue weighted by Crippen LogP contribution is 2.32. The van der Waals surface area contributed by atoms with Gasteiger partial charge in [-0.25, -0.2) is 0 Å². The Morgan fingerprint density at radius 2 is 1.94 bits per heavy atom. The minimum Gasteiger partial charge on any atom is -0.377 e. The van der Waals surface area contributed by atoms with E-state index in [2.05, 4.69) is 11.1 Å². The Balaban J connectivity index is 1.88. The maximum Gasteiger partial charge on any atom is 0.192 e. The van der Waals surface area contributed by atoms with E-state index in [1.807, 2.05) is 24.3 Å². The Labute approximate surface area is 106 Å². The SMILES string of the molecule is O=C1/C(=C/N2CCCC2)CSc2ccccc21. The standard InChI is InChI=1S/C14H15NOS/c16-14-11(9-15-7-3-4-8-15)10-17-13-6-2-1-5-12(13)14/h1-2,5-6,9H,3-4,7-8,10H2/b11-9+. The molecule has 0 spiro atoms. The van der Waals surface area contributed by atoms with Crippen molar-refractivity contribution in [1.29, 1.82) is 0 Å². The summed E-state index contributed by atoms with van der Waals surface area (Å²) < 4.78 is 0. The number of ketones is 1. The fraction of sp³-hybridized carbons (Fsp3) is 0.357. The first-order valence-corrected chi connectivity index (χ1v) is 7.04. The van der Waals surface area contributed by atoms with E-state index in [4.69, 9.17) is 0 Å². The highest BCUT2D eigenvalue weighted by molar-refractivity contribution is 7.99. The van der Waals surface area contributed by atoms with Gasteiger partial charge in [0.1, 0.15) is 0 Å². The highest BCUT2D eigenvalue weighted by Gasteiger charge is 2.23. The molecule has 3 heteroatoms. The zero-order chi connectivity index (χ0) is 11.7. The summed E-state index contributed by atoms with van der Waals surface area (Å²) in [5.74, 6) is 1.03. The van der Waals surface area contributed by atoms with Gasteiger partial charge in [0.25, 0.3) is 0 Å². The first-order valence-electron chi connectivity index (χ1n) is 6.06. The van der Waals surface area contributed by atoms with Gasteiger partial charge in [-0.05, 0) is 25.0 Å². The molecule has 2 aliphatic heterocycles. The zero-order valence-corrected chi connectivity index (χ0v) is 10.5. The van der Waals surface area contributed by atoms with Crippen LogP contribution in [0, 0.1) is 0 Å². The minimum atomic E-state index is 0.214. The van der Waals surface area contributed by atoms with Crippen LogP contribution in [0.3, 0.4) is 0 Å². The van der Waals surface area contributed by atoms with Crippen LogP contribution in [-0.2, 0) is 0 Å². The Bertz CT molecular complexity index is 475. The summed E-state index contributed by atoms with van der Waals surface area (Å²) in [5.41, 5.74) is 1.82. The summed E-state index contributed by atoms with van der Waals surface area (Å²) >= 11 is 1.77. The lowest BCUT2D eigenvalue weighted by molar-refractivity contribution is 0.102. The molecular weight excluding hydrogens is 230 g/mol. The molecule has 2 heterocycles. The maximum absolute atomic E-state index is 12.3. The molecule has 0 unspecified atom stereocenters. The van der Waals surface area contributed by atoms with Crippen molar-refractivity contribution < 1.29 is 4.79 Å². The monoisotopic (exact) mass is 245 g/mol. The van der Waals surface area contributed by atoms with Crippen LogP contribution >= 0.6 is 11.8 Å². The number of fused-ring (bicyclic) bond motifs is 1. The minimum absolute atomic E-state index is 0.214. The molecule has 0 atom stereocenters. The van der Waals surface area contributed by atoms with Crippen LogP contribution in [0.15, 0.2) is 40.9 Å². The fourth-order valence-electron chi connectivity index (χ4n) is 2.36. The molecule has 3 rings (SSSR count). The Morgan fingerprint density at radius 3 is 2.76 bits per heavy atom. The Kier molecular flexibility index (Phi) is 2.93. The third-order valence-corrected chi connectivity index (χ3v) is 4.41. The van der Waals surface area contributed by atoms with E-state index in [1.165, 1.54) is 12.8 Å². The number of rotatable bonds is 1. The summed E-state index contributed by atoms with van der Waals surface area (Å²) in [4.78, 5) is 15.7. The largest absolute Gasteiger partial charge is 0.377 e. The van der Waals surface area contributed by atoms with Gasteiger partial charge in [-0.1, -0.05) is 12.1 Å². The molecule has 0 aliphatic carbocycles. The molecule has 1 aromatic rings. The van der Waals surface area contributed by atoms with Gasteiger partial charge in [0.15, 0.2) is 5.78 Å². The fourth-order valence-corrected chi connectivity index (χ4v) is 3.37. The van der Waals surface area contributed by atoms with Crippen molar-refractivity contribution >= 4 is 17.5 Å². The normalized spacial score (nSPS) is 22.0. The quantitative estimate of drug-likeness (QED) is 0.709. The lowest BCUT2D eigenvalue weighted by atomic mass is 10.0. The van der Waals surface area contributed by atoms with Crippen molar-refractivity contribution in [3.63, 3.8) is 0 Å². The average molecular weight is 245 g/mol. The van der Waals surface area contributed by atoms with E-state index in [1.54, 1.807) is 11.8 Å². The van der Waals surface area contributed by atoms with Gasteiger partial charge in [-0.2, -0.15) is 0 Å². The van der Waals surface area contributed by atoms with Gasteiger partial charge in [0, 0.05) is 41.1 Å². The van der Waals surface area contributed by atoms with Gasteiger partial charge < -0.3 is 4.90 Å². The lowest BCUT2D eigenvalue weighted by Gasteiger charge is -2.19. The number of thioether (sulfide) groups is 1. The lowest BCUT2D eigenvalue weighted by Crippen LogP contribution is -2.18. The number of hydrogen-bond donors (Lipinski definition) is 0. The zero-order valence-electron chi connectivity index (χ0n) is 9.69. The van der Waals surface area contributed by atoms with E-state index in [9.17, 15) is 4.79 Å². The second kappa shape index (κ2) is 4.57. The summed E-state index contributed by atoms with van der Waals surface area (Å²) in [7, 11) is 0. The van der Waals surface area contributed by atoms with Crippen LogP contribution in [0.2, 0.25) is 0 Å². The highest BCUT2D eigenvalue weighted by atomic mass is 32.2. The molecule has 2 aliphatic rings. The van der Waals surface area contributed by atoms with Gasteiger partial charge in [0.2, 0.25) is 0 Å². The molecule has 17 heavy (non-hydrogen) atoms. The van der Waals surface area contributed by atoms with Crippen molar-refractivity contribution in [2.45, 2.75) is 17.7 Å². The van der Waals surface area contributed by atoms with Gasteiger partial charge >= 0.3 is 0 Å². The van der Waals surface area contributed by atoms with Crippen molar-refractivity contribution in [3.8, 4) is 0 Å². The van der Waals surface area contributed by atoms with Crippen LogP contribution in [0.25, 0.3) is 0 Å². The second-order valence-corrected chi connectivity index (χ2v) is 5.53. The van der Waals surface area contributed by atoms with Gasteiger partial charge in [0.05, 0.1) is 0 Å².